The summed E-state index contributed by atoms with van der Waals surface area (Å²) in [6.07, 6.45) is 0. The van der Waals surface area contributed by atoms with Crippen molar-refractivity contribution in [1.82, 2.24) is 0 Å². The molecule has 12 heavy (non-hydrogen) atoms. The van der Waals surface area contributed by atoms with E-state index in [2.05, 4.69) is 0 Å². The standard InChI is InChI=1S/2C2H6NO2P/c2*1-2(3)6(4)5/h2*2H,3H2,1H3/p+2. The van der Waals surface area contributed by atoms with Crippen molar-refractivity contribution in [2.75, 3.05) is 0 Å². The predicted octanol–water partition coefficient (Wildman–Crippen LogP) is 0.0516. The Morgan fingerprint density at radius 2 is 1.08 bits per heavy atom. The van der Waals surface area contributed by atoms with Crippen LogP contribution < -0.4 is 11.5 Å². The van der Waals surface area contributed by atoms with Gasteiger partial charge in [0.05, 0.1) is 0 Å². The second-order valence-corrected chi connectivity index (χ2v) is 4.93. The molecule has 8 heteroatoms. The molecule has 0 saturated heterocycles. The van der Waals surface area contributed by atoms with Gasteiger partial charge in [-0.15, -0.1) is 0 Å². The van der Waals surface area contributed by atoms with E-state index >= 15 is 0 Å². The molecule has 0 aliphatic heterocycles. The Labute approximate surface area is 72.7 Å². The zero-order chi connectivity index (χ0) is 10.3. The van der Waals surface area contributed by atoms with E-state index < -0.39 is 27.6 Å². The smallest absolute Gasteiger partial charge is 0.285 e. The molecule has 0 radical (unpaired) electrons. The molecule has 4 unspecified atom stereocenters. The van der Waals surface area contributed by atoms with E-state index in [1.807, 2.05) is 0 Å². The van der Waals surface area contributed by atoms with Crippen molar-refractivity contribution in [3.8, 4) is 0 Å². The van der Waals surface area contributed by atoms with Crippen LogP contribution in [0.5, 0.6) is 0 Å². The second kappa shape index (κ2) is 7.68. The summed E-state index contributed by atoms with van der Waals surface area (Å²) in [7, 11) is -4.26. The van der Waals surface area contributed by atoms with Crippen molar-refractivity contribution in [3.05, 3.63) is 0 Å². The van der Waals surface area contributed by atoms with Crippen LogP contribution in [0.3, 0.4) is 0 Å². The van der Waals surface area contributed by atoms with Gasteiger partial charge in [0, 0.05) is 0 Å². The quantitative estimate of drug-likeness (QED) is 0.483. The summed E-state index contributed by atoms with van der Waals surface area (Å²) in [4.78, 5) is 16.0. The maximum absolute atomic E-state index is 9.72. The Morgan fingerprint density at radius 1 is 1.00 bits per heavy atom. The molecule has 0 aromatic heterocycles. The van der Waals surface area contributed by atoms with E-state index in [0.29, 0.717) is 0 Å². The summed E-state index contributed by atoms with van der Waals surface area (Å²) >= 11 is 0. The zero-order valence-corrected chi connectivity index (χ0v) is 8.70. The Morgan fingerprint density at radius 3 is 1.08 bits per heavy atom. The third-order valence-corrected chi connectivity index (χ3v) is 2.09. The van der Waals surface area contributed by atoms with Crippen LogP contribution >= 0.6 is 16.1 Å². The topological polar surface area (TPSA) is 127 Å². The molecule has 0 heterocycles. The van der Waals surface area contributed by atoms with Crippen LogP contribution in [0, 0.1) is 0 Å². The van der Waals surface area contributed by atoms with Gasteiger partial charge in [-0.2, -0.15) is 9.79 Å². The molecular formula is C4H14N2O4P2+2. The van der Waals surface area contributed by atoms with Crippen molar-refractivity contribution in [3.63, 3.8) is 0 Å². The number of hydrogen-bond donors (Lipinski definition) is 4. The summed E-state index contributed by atoms with van der Waals surface area (Å²) in [6.45, 7) is 2.97. The van der Waals surface area contributed by atoms with Gasteiger partial charge < -0.3 is 0 Å². The van der Waals surface area contributed by atoms with Crippen LogP contribution in [0.15, 0.2) is 0 Å². The zero-order valence-electron chi connectivity index (χ0n) is 6.91. The molecule has 6 nitrogen and oxygen atoms in total. The maximum atomic E-state index is 9.72. The first-order chi connectivity index (χ1) is 5.29. The number of rotatable bonds is 2. The lowest BCUT2D eigenvalue weighted by Gasteiger charge is -1.75. The molecular weight excluding hydrogens is 202 g/mol. The highest BCUT2D eigenvalue weighted by Crippen LogP contribution is 2.15. The molecule has 0 bridgehead atoms. The highest BCUT2D eigenvalue weighted by molar-refractivity contribution is 7.39. The molecule has 72 valence electrons. The highest BCUT2D eigenvalue weighted by atomic mass is 31.1. The summed E-state index contributed by atoms with van der Waals surface area (Å²) in [6, 6.07) is 0. The minimum Gasteiger partial charge on any atom is -0.285 e. The van der Waals surface area contributed by atoms with Crippen molar-refractivity contribution in [2.24, 2.45) is 11.5 Å². The fourth-order valence-corrected chi connectivity index (χ4v) is 0. The molecule has 0 amide bonds. The molecule has 0 saturated carbocycles. The highest BCUT2D eigenvalue weighted by Gasteiger charge is 2.16. The van der Waals surface area contributed by atoms with Crippen molar-refractivity contribution in [2.45, 2.75) is 25.4 Å². The summed E-state index contributed by atoms with van der Waals surface area (Å²) in [5, 5.41) is 0. The third kappa shape index (κ3) is 12.7. The lowest BCUT2D eigenvalue weighted by Crippen LogP contribution is -2.07. The van der Waals surface area contributed by atoms with Crippen molar-refractivity contribution >= 4 is 16.1 Å². The second-order valence-electron chi connectivity index (χ2n) is 2.09. The fraction of sp³-hybridized carbons (Fsp3) is 1.00. The first-order valence-electron chi connectivity index (χ1n) is 3.10. The molecule has 0 aliphatic carbocycles. The maximum Gasteiger partial charge on any atom is 0.524 e. The van der Waals surface area contributed by atoms with Crippen LogP contribution in [0.4, 0.5) is 0 Å². The fourth-order valence-electron chi connectivity index (χ4n) is 0. The number of hydrogen-bond acceptors (Lipinski definition) is 4. The van der Waals surface area contributed by atoms with E-state index in [1.54, 1.807) is 0 Å². The minimum atomic E-state index is -2.13. The largest absolute Gasteiger partial charge is 0.524 e. The van der Waals surface area contributed by atoms with Crippen LogP contribution in [0.25, 0.3) is 0 Å². The molecule has 0 aromatic rings. The predicted molar refractivity (Wildman–Crippen MR) is 46.9 cm³/mol. The van der Waals surface area contributed by atoms with E-state index in [1.165, 1.54) is 13.8 Å². The first kappa shape index (κ1) is 14.6. The molecule has 0 aromatic carbocycles. The van der Waals surface area contributed by atoms with Gasteiger partial charge in [0.1, 0.15) is 0 Å². The Bertz CT molecular complexity index is 143. The van der Waals surface area contributed by atoms with Crippen molar-refractivity contribution < 1.29 is 18.9 Å². The molecule has 6 N–H and O–H groups in total. The molecule has 4 atom stereocenters. The SMILES string of the molecule is CC(N)[P+](=O)O.CC(N)[P+](=O)O. The van der Waals surface area contributed by atoms with Crippen LogP contribution in [-0.4, -0.2) is 21.4 Å². The van der Waals surface area contributed by atoms with Gasteiger partial charge in [0.2, 0.25) is 11.6 Å². The van der Waals surface area contributed by atoms with Gasteiger partial charge in [0.25, 0.3) is 0 Å². The normalized spacial score (nSPS) is 16.8. The monoisotopic (exact) mass is 216 g/mol. The summed E-state index contributed by atoms with van der Waals surface area (Å²) < 4.78 is 19.4. The molecule has 0 aliphatic rings. The third-order valence-electron chi connectivity index (χ3n) is 0.697. The van der Waals surface area contributed by atoms with Gasteiger partial charge in [-0.25, -0.2) is 0 Å². The van der Waals surface area contributed by atoms with E-state index in [4.69, 9.17) is 21.3 Å². The van der Waals surface area contributed by atoms with E-state index in [9.17, 15) is 9.13 Å². The van der Waals surface area contributed by atoms with E-state index in [0.717, 1.165) is 0 Å². The van der Waals surface area contributed by atoms with Gasteiger partial charge in [0.15, 0.2) is 0 Å². The van der Waals surface area contributed by atoms with Gasteiger partial charge in [-0.3, -0.25) is 11.5 Å². The summed E-state index contributed by atoms with van der Waals surface area (Å²) in [5.74, 6) is -1.17. The van der Waals surface area contributed by atoms with Gasteiger partial charge in [-0.1, -0.05) is 0 Å². The Balaban J connectivity index is 0. The van der Waals surface area contributed by atoms with Gasteiger partial charge in [-0.05, 0) is 23.0 Å². The lowest BCUT2D eigenvalue weighted by molar-refractivity contribution is 0.491. The average Bonchev–Trinajstić information content (AvgIpc) is 1.88. The lowest BCUT2D eigenvalue weighted by atomic mass is 10.8. The first-order valence-corrected chi connectivity index (χ1v) is 5.67. The Kier molecular flexibility index (Phi) is 9.31. The van der Waals surface area contributed by atoms with Crippen LogP contribution in [0.2, 0.25) is 0 Å². The van der Waals surface area contributed by atoms with Crippen LogP contribution in [0.1, 0.15) is 13.8 Å². The molecule has 0 rings (SSSR count). The van der Waals surface area contributed by atoms with Gasteiger partial charge >= 0.3 is 16.1 Å². The molecule has 0 spiro atoms. The average molecular weight is 216 g/mol. The Hall–Kier alpha value is 0.0400. The van der Waals surface area contributed by atoms with E-state index in [-0.39, 0.29) is 0 Å². The number of nitrogens with two attached hydrogens (primary N) is 2. The van der Waals surface area contributed by atoms with Crippen LogP contribution in [-0.2, 0) is 9.13 Å². The summed E-state index contributed by atoms with van der Waals surface area (Å²) in [5.41, 5.74) is 9.80. The minimum absolute atomic E-state index is 0.583. The van der Waals surface area contributed by atoms with Crippen molar-refractivity contribution in [1.29, 1.82) is 0 Å². The molecule has 0 fully saturated rings.